The summed E-state index contributed by atoms with van der Waals surface area (Å²) >= 11 is 2.77. The van der Waals surface area contributed by atoms with Gasteiger partial charge >= 0.3 is 0 Å². The van der Waals surface area contributed by atoms with Crippen molar-refractivity contribution in [3.8, 4) is 0 Å². The predicted octanol–water partition coefficient (Wildman–Crippen LogP) is 6.06. The number of benzene rings is 3. The Kier molecular flexibility index (Phi) is 9.44. The van der Waals surface area contributed by atoms with Crippen molar-refractivity contribution in [2.75, 3.05) is 10.6 Å². The van der Waals surface area contributed by atoms with Crippen molar-refractivity contribution < 1.29 is 14.4 Å². The summed E-state index contributed by atoms with van der Waals surface area (Å²) in [7, 11) is 0. The van der Waals surface area contributed by atoms with Gasteiger partial charge in [0.25, 0.3) is 11.8 Å². The number of carbonyl (C=O) groups is 3. The van der Waals surface area contributed by atoms with Crippen molar-refractivity contribution in [3.63, 3.8) is 0 Å². The SMILES string of the molecule is CCC(Sc1cccc(NC(=O)/C(=C/c2ccccc2)NC(=O)c2ccccc2)c1)C(=O)Nc1nccs1. The van der Waals surface area contributed by atoms with Crippen LogP contribution in [0.3, 0.4) is 0 Å². The van der Waals surface area contributed by atoms with Crippen molar-refractivity contribution in [2.24, 2.45) is 0 Å². The molecule has 1 heterocycles. The van der Waals surface area contributed by atoms with Gasteiger partial charge in [-0.15, -0.1) is 23.1 Å². The van der Waals surface area contributed by atoms with Crippen molar-refractivity contribution in [1.29, 1.82) is 0 Å². The predicted molar refractivity (Wildman–Crippen MR) is 154 cm³/mol. The van der Waals surface area contributed by atoms with Crippen LogP contribution < -0.4 is 16.0 Å². The Morgan fingerprint density at radius 3 is 2.37 bits per heavy atom. The van der Waals surface area contributed by atoms with Crippen LogP contribution in [-0.4, -0.2) is 28.0 Å². The molecule has 1 unspecified atom stereocenters. The molecular weight excluding hydrogens is 516 g/mol. The molecule has 3 amide bonds. The highest BCUT2D eigenvalue weighted by Gasteiger charge is 2.20. The minimum Gasteiger partial charge on any atom is -0.321 e. The summed E-state index contributed by atoms with van der Waals surface area (Å²) in [4.78, 5) is 43.7. The van der Waals surface area contributed by atoms with Crippen LogP contribution >= 0.6 is 23.1 Å². The molecular formula is C29H26N4O3S2. The molecule has 0 fully saturated rings. The van der Waals surface area contributed by atoms with Crippen molar-refractivity contribution in [3.05, 3.63) is 113 Å². The second kappa shape index (κ2) is 13.4. The molecule has 3 aromatic carbocycles. The molecule has 3 N–H and O–H groups in total. The fourth-order valence-electron chi connectivity index (χ4n) is 3.46. The Bertz CT molecular complexity index is 1410. The van der Waals surface area contributed by atoms with E-state index >= 15 is 0 Å². The highest BCUT2D eigenvalue weighted by Crippen LogP contribution is 2.29. The maximum Gasteiger partial charge on any atom is 0.272 e. The first-order chi connectivity index (χ1) is 18.5. The lowest BCUT2D eigenvalue weighted by Crippen LogP contribution is -2.30. The molecule has 9 heteroatoms. The molecule has 192 valence electrons. The van der Waals surface area contributed by atoms with Gasteiger partial charge in [-0.25, -0.2) is 4.98 Å². The molecule has 0 aliphatic rings. The lowest BCUT2D eigenvalue weighted by molar-refractivity contribution is -0.116. The first kappa shape index (κ1) is 26.8. The Labute approximate surface area is 229 Å². The standard InChI is InChI=1S/C29H26N4O3S2/c1-2-25(28(36)33-29-30-16-17-37-29)38-23-15-9-14-22(19-23)31-27(35)24(18-20-10-5-3-6-11-20)32-26(34)21-12-7-4-8-13-21/h3-19,25H,2H2,1H3,(H,31,35)(H,32,34)(H,30,33,36)/b24-18-. The van der Waals surface area contributed by atoms with Crippen LogP contribution in [0.25, 0.3) is 6.08 Å². The maximum atomic E-state index is 13.3. The fourth-order valence-corrected chi connectivity index (χ4v) is 5.01. The van der Waals surface area contributed by atoms with Gasteiger partial charge in [0.2, 0.25) is 5.91 Å². The van der Waals surface area contributed by atoms with Crippen LogP contribution in [-0.2, 0) is 9.59 Å². The average Bonchev–Trinajstić information content (AvgIpc) is 3.45. The quantitative estimate of drug-likeness (QED) is 0.167. The van der Waals surface area contributed by atoms with E-state index in [1.807, 2.05) is 55.5 Å². The molecule has 4 aromatic rings. The van der Waals surface area contributed by atoms with Gasteiger partial charge in [0.1, 0.15) is 5.70 Å². The first-order valence-electron chi connectivity index (χ1n) is 11.9. The van der Waals surface area contributed by atoms with Gasteiger partial charge in [-0.05, 0) is 48.4 Å². The van der Waals surface area contributed by atoms with Gasteiger partial charge in [0, 0.05) is 27.7 Å². The molecule has 4 rings (SSSR count). The fraction of sp³-hybridized carbons (Fsp3) is 0.103. The number of nitrogens with one attached hydrogen (secondary N) is 3. The van der Waals surface area contributed by atoms with Crippen molar-refractivity contribution >= 4 is 57.7 Å². The third-order valence-corrected chi connectivity index (χ3v) is 7.38. The minimum atomic E-state index is -0.464. The van der Waals surface area contributed by atoms with Crippen molar-refractivity contribution in [2.45, 2.75) is 23.5 Å². The van der Waals surface area contributed by atoms with Crippen LogP contribution in [0.2, 0.25) is 0 Å². The molecule has 38 heavy (non-hydrogen) atoms. The van der Waals surface area contributed by atoms with E-state index in [1.54, 1.807) is 54.1 Å². The minimum absolute atomic E-state index is 0.109. The molecule has 0 saturated heterocycles. The maximum absolute atomic E-state index is 13.3. The number of amides is 3. The smallest absolute Gasteiger partial charge is 0.272 e. The lowest BCUT2D eigenvalue weighted by Gasteiger charge is -2.15. The molecule has 0 saturated carbocycles. The zero-order chi connectivity index (χ0) is 26.7. The van der Waals surface area contributed by atoms with E-state index in [2.05, 4.69) is 20.9 Å². The van der Waals surface area contributed by atoms with Crippen LogP contribution in [0.5, 0.6) is 0 Å². The molecule has 0 bridgehead atoms. The number of thioether (sulfide) groups is 1. The number of hydrogen-bond acceptors (Lipinski definition) is 6. The van der Waals surface area contributed by atoms with Gasteiger partial charge in [-0.1, -0.05) is 61.5 Å². The highest BCUT2D eigenvalue weighted by atomic mass is 32.2. The van der Waals surface area contributed by atoms with E-state index in [1.165, 1.54) is 23.1 Å². The number of thiazole rings is 1. The van der Waals surface area contributed by atoms with Crippen LogP contribution in [0.4, 0.5) is 10.8 Å². The van der Waals surface area contributed by atoms with Crippen LogP contribution in [0.1, 0.15) is 29.3 Å². The Morgan fingerprint density at radius 2 is 1.68 bits per heavy atom. The number of rotatable bonds is 10. The summed E-state index contributed by atoms with van der Waals surface area (Å²) in [5.41, 5.74) is 1.87. The number of anilines is 2. The average molecular weight is 543 g/mol. The summed E-state index contributed by atoms with van der Waals surface area (Å²) in [6, 6.07) is 25.3. The van der Waals surface area contributed by atoms with Crippen molar-refractivity contribution in [1.82, 2.24) is 10.3 Å². The normalized spacial score (nSPS) is 11.9. The number of aromatic nitrogens is 1. The summed E-state index contributed by atoms with van der Waals surface area (Å²) in [6.07, 6.45) is 3.89. The van der Waals surface area contributed by atoms with E-state index in [-0.39, 0.29) is 22.8 Å². The van der Waals surface area contributed by atoms with Crippen LogP contribution in [0, 0.1) is 0 Å². The summed E-state index contributed by atoms with van der Waals surface area (Å²) in [5, 5.41) is 10.5. The van der Waals surface area contributed by atoms with Gasteiger partial charge < -0.3 is 16.0 Å². The number of nitrogens with zero attached hydrogens (tertiary/aromatic N) is 1. The molecule has 1 aromatic heterocycles. The van der Waals surface area contributed by atoms with Gasteiger partial charge in [0.15, 0.2) is 5.13 Å². The molecule has 7 nitrogen and oxygen atoms in total. The lowest BCUT2D eigenvalue weighted by atomic mass is 10.1. The highest BCUT2D eigenvalue weighted by molar-refractivity contribution is 8.00. The van der Waals surface area contributed by atoms with Gasteiger partial charge in [0.05, 0.1) is 5.25 Å². The third-order valence-electron chi connectivity index (χ3n) is 5.34. The summed E-state index contributed by atoms with van der Waals surface area (Å²) in [6.45, 7) is 1.95. The third kappa shape index (κ3) is 7.64. The summed E-state index contributed by atoms with van der Waals surface area (Å²) < 4.78 is 0. The molecule has 0 aliphatic heterocycles. The van der Waals surface area contributed by atoms with E-state index in [0.29, 0.717) is 22.8 Å². The largest absolute Gasteiger partial charge is 0.321 e. The molecule has 0 spiro atoms. The first-order valence-corrected chi connectivity index (χ1v) is 13.7. The Hall–Kier alpha value is -4.21. The van der Waals surface area contributed by atoms with E-state index in [0.717, 1.165) is 10.5 Å². The molecule has 1 atom stereocenters. The number of hydrogen-bond donors (Lipinski definition) is 3. The molecule has 0 aliphatic carbocycles. The van der Waals surface area contributed by atoms with Gasteiger partial charge in [-0.2, -0.15) is 0 Å². The zero-order valence-electron chi connectivity index (χ0n) is 20.6. The van der Waals surface area contributed by atoms with Crippen LogP contribution in [0.15, 0.2) is 107 Å². The van der Waals surface area contributed by atoms with Gasteiger partial charge in [-0.3, -0.25) is 14.4 Å². The number of carbonyl (C=O) groups excluding carboxylic acids is 3. The van der Waals surface area contributed by atoms with E-state index in [9.17, 15) is 14.4 Å². The van der Waals surface area contributed by atoms with E-state index in [4.69, 9.17) is 0 Å². The zero-order valence-corrected chi connectivity index (χ0v) is 22.2. The Morgan fingerprint density at radius 1 is 0.947 bits per heavy atom. The topological polar surface area (TPSA) is 100 Å². The second-order valence-electron chi connectivity index (χ2n) is 8.11. The monoisotopic (exact) mass is 542 g/mol. The second-order valence-corrected chi connectivity index (χ2v) is 10.3. The summed E-state index contributed by atoms with van der Waals surface area (Å²) in [5.74, 6) is -0.975. The van der Waals surface area contributed by atoms with E-state index < -0.39 is 5.91 Å². The molecule has 0 radical (unpaired) electrons. The Balaban J connectivity index is 1.49.